The van der Waals surface area contributed by atoms with Gasteiger partial charge in [0.25, 0.3) is 0 Å². The van der Waals surface area contributed by atoms with Crippen molar-refractivity contribution < 1.29 is 14.3 Å². The van der Waals surface area contributed by atoms with Crippen molar-refractivity contribution in [1.82, 2.24) is 9.55 Å². The molecule has 2 atom stereocenters. The van der Waals surface area contributed by atoms with E-state index in [-0.39, 0.29) is 6.10 Å². The Balaban J connectivity index is 1.49. The summed E-state index contributed by atoms with van der Waals surface area (Å²) in [6.07, 6.45) is 5.82. The minimum absolute atomic E-state index is 0.127. The number of nitrogens with zero attached hydrogens (tertiary/aromatic N) is 2. The number of thioether (sulfide) groups is 1. The number of carbonyl (C=O) groups is 1. The maximum absolute atomic E-state index is 10.5. The SMILES string of the molecule is O=CNc1ccc(SC[C@@H]2CO[C@@](Cn3ccnc3)(c3ccc(Cl)cc3Cl)O2)cc1. The number of aromatic nitrogens is 2. The molecule has 0 bridgehead atoms. The Hall–Kier alpha value is -2.03. The largest absolute Gasteiger partial charge is 0.342 e. The van der Waals surface area contributed by atoms with Crippen molar-refractivity contribution >= 4 is 47.1 Å². The summed E-state index contributed by atoms with van der Waals surface area (Å²) in [5.74, 6) is -0.317. The van der Waals surface area contributed by atoms with Crippen LogP contribution in [0.1, 0.15) is 5.56 Å². The normalized spacial score (nSPS) is 20.9. The number of ether oxygens (including phenoxy) is 2. The van der Waals surface area contributed by atoms with Gasteiger partial charge in [-0.05, 0) is 36.4 Å². The van der Waals surface area contributed by atoms with E-state index in [0.29, 0.717) is 35.4 Å². The number of nitrogens with one attached hydrogen (secondary N) is 1. The number of halogens is 2. The summed E-state index contributed by atoms with van der Waals surface area (Å²) in [6, 6.07) is 13.0. The molecule has 3 aromatic rings. The van der Waals surface area contributed by atoms with Crippen LogP contribution in [0.3, 0.4) is 0 Å². The number of imidazole rings is 1. The van der Waals surface area contributed by atoms with E-state index in [4.69, 9.17) is 32.7 Å². The van der Waals surface area contributed by atoms with Gasteiger partial charge in [0.05, 0.1) is 30.6 Å². The molecule has 2 aromatic carbocycles. The fourth-order valence-corrected chi connectivity index (χ4v) is 4.70. The second kappa shape index (κ2) is 9.41. The molecule has 0 spiro atoms. The smallest absolute Gasteiger partial charge is 0.215 e. The molecule has 0 unspecified atom stereocenters. The summed E-state index contributed by atoms with van der Waals surface area (Å²) in [4.78, 5) is 15.7. The first kappa shape index (κ1) is 21.2. The van der Waals surface area contributed by atoms with Crippen LogP contribution in [-0.4, -0.2) is 34.4 Å². The van der Waals surface area contributed by atoms with Crippen molar-refractivity contribution in [3.05, 3.63) is 76.8 Å². The molecule has 6 nitrogen and oxygen atoms in total. The zero-order valence-electron chi connectivity index (χ0n) is 15.8. The van der Waals surface area contributed by atoms with Crippen LogP contribution in [0.2, 0.25) is 10.0 Å². The summed E-state index contributed by atoms with van der Waals surface area (Å²) in [5, 5.41) is 3.68. The minimum Gasteiger partial charge on any atom is -0.342 e. The molecule has 4 rings (SSSR count). The first-order chi connectivity index (χ1) is 14.6. The molecule has 1 aliphatic heterocycles. The van der Waals surface area contributed by atoms with E-state index < -0.39 is 5.79 Å². The van der Waals surface area contributed by atoms with Crippen LogP contribution in [0.25, 0.3) is 0 Å². The lowest BCUT2D eigenvalue weighted by atomic mass is 10.1. The molecular weight excluding hydrogens is 445 g/mol. The predicted octanol–water partition coefficient (Wildman–Crippen LogP) is 4.82. The third-order valence-corrected chi connectivity index (χ3v) is 6.36. The molecule has 1 N–H and O–H groups in total. The van der Waals surface area contributed by atoms with Gasteiger partial charge in [0.1, 0.15) is 0 Å². The molecule has 0 saturated carbocycles. The number of anilines is 1. The van der Waals surface area contributed by atoms with E-state index in [1.807, 2.05) is 41.1 Å². The van der Waals surface area contributed by atoms with E-state index in [1.54, 1.807) is 36.4 Å². The summed E-state index contributed by atoms with van der Waals surface area (Å²) in [5.41, 5.74) is 1.49. The Morgan fingerprint density at radius 3 is 2.80 bits per heavy atom. The van der Waals surface area contributed by atoms with Crippen LogP contribution < -0.4 is 5.32 Å². The highest BCUT2D eigenvalue weighted by molar-refractivity contribution is 7.99. The zero-order chi connectivity index (χ0) is 21.0. The molecule has 1 aromatic heterocycles. The lowest BCUT2D eigenvalue weighted by Crippen LogP contribution is -2.34. The van der Waals surface area contributed by atoms with Crippen molar-refractivity contribution in [3.8, 4) is 0 Å². The monoisotopic (exact) mass is 463 g/mol. The van der Waals surface area contributed by atoms with Crippen molar-refractivity contribution in [1.29, 1.82) is 0 Å². The lowest BCUT2D eigenvalue weighted by molar-refractivity contribution is -0.184. The first-order valence-electron chi connectivity index (χ1n) is 9.24. The molecule has 9 heteroatoms. The van der Waals surface area contributed by atoms with Gasteiger partial charge < -0.3 is 19.4 Å². The van der Waals surface area contributed by atoms with Gasteiger partial charge >= 0.3 is 0 Å². The van der Waals surface area contributed by atoms with Crippen molar-refractivity contribution in [2.24, 2.45) is 0 Å². The Labute approximate surface area is 188 Å². The molecule has 156 valence electrons. The fourth-order valence-electron chi connectivity index (χ4n) is 3.28. The van der Waals surface area contributed by atoms with Crippen molar-refractivity contribution in [2.45, 2.75) is 23.3 Å². The highest BCUT2D eigenvalue weighted by Crippen LogP contribution is 2.41. The second-order valence-corrected chi connectivity index (χ2v) is 8.70. The first-order valence-corrected chi connectivity index (χ1v) is 11.0. The number of benzene rings is 2. The molecule has 0 radical (unpaired) electrons. The van der Waals surface area contributed by atoms with Gasteiger partial charge in [-0.2, -0.15) is 0 Å². The molecular formula is C21H19Cl2N3O3S. The molecule has 1 aliphatic rings. The Bertz CT molecular complexity index is 1000. The van der Waals surface area contributed by atoms with Crippen LogP contribution in [0, 0.1) is 0 Å². The number of rotatable bonds is 8. The van der Waals surface area contributed by atoms with Gasteiger partial charge in [-0.3, -0.25) is 4.79 Å². The van der Waals surface area contributed by atoms with E-state index in [1.165, 1.54) is 0 Å². The van der Waals surface area contributed by atoms with E-state index in [0.717, 1.165) is 16.1 Å². The van der Waals surface area contributed by atoms with Gasteiger partial charge in [-0.25, -0.2) is 4.98 Å². The number of hydrogen-bond acceptors (Lipinski definition) is 5. The molecule has 1 amide bonds. The predicted molar refractivity (Wildman–Crippen MR) is 118 cm³/mol. The number of amides is 1. The van der Waals surface area contributed by atoms with Crippen LogP contribution in [-0.2, 0) is 26.6 Å². The molecule has 30 heavy (non-hydrogen) atoms. The number of hydrogen-bond donors (Lipinski definition) is 1. The Morgan fingerprint density at radius 2 is 2.10 bits per heavy atom. The van der Waals surface area contributed by atoms with Gasteiger partial charge in [-0.1, -0.05) is 29.3 Å². The van der Waals surface area contributed by atoms with E-state index in [2.05, 4.69) is 10.3 Å². The van der Waals surface area contributed by atoms with Crippen LogP contribution >= 0.6 is 35.0 Å². The minimum atomic E-state index is -1.02. The third kappa shape index (κ3) is 4.82. The lowest BCUT2D eigenvalue weighted by Gasteiger charge is -2.30. The maximum Gasteiger partial charge on any atom is 0.215 e. The Kier molecular flexibility index (Phi) is 6.65. The van der Waals surface area contributed by atoms with Gasteiger partial charge in [0, 0.05) is 39.3 Å². The standard InChI is InChI=1S/C21H19Cl2N3O3S/c22-15-1-6-19(20(23)9-15)21(12-26-8-7-24-13-26)28-10-17(29-21)11-30-18-4-2-16(3-5-18)25-14-27/h1-9,13-14,17H,10-12H2,(H,25,27)/t17-,21+/m0/s1. The van der Waals surface area contributed by atoms with Gasteiger partial charge in [0.15, 0.2) is 0 Å². The summed E-state index contributed by atoms with van der Waals surface area (Å²) in [7, 11) is 0. The highest BCUT2D eigenvalue weighted by atomic mass is 35.5. The zero-order valence-corrected chi connectivity index (χ0v) is 18.2. The van der Waals surface area contributed by atoms with Crippen LogP contribution in [0.4, 0.5) is 5.69 Å². The molecule has 0 aliphatic carbocycles. The average molecular weight is 464 g/mol. The third-order valence-electron chi connectivity index (χ3n) is 4.67. The molecule has 2 heterocycles. The summed E-state index contributed by atoms with van der Waals surface area (Å²) >= 11 is 14.2. The Morgan fingerprint density at radius 1 is 1.27 bits per heavy atom. The highest BCUT2D eigenvalue weighted by Gasteiger charge is 2.45. The van der Waals surface area contributed by atoms with E-state index in [9.17, 15) is 4.79 Å². The molecule has 1 saturated heterocycles. The average Bonchev–Trinajstić information content (AvgIpc) is 3.38. The van der Waals surface area contributed by atoms with Gasteiger partial charge in [-0.15, -0.1) is 11.8 Å². The van der Waals surface area contributed by atoms with Gasteiger partial charge in [0.2, 0.25) is 12.2 Å². The van der Waals surface area contributed by atoms with Crippen LogP contribution in [0.15, 0.2) is 66.1 Å². The van der Waals surface area contributed by atoms with Crippen LogP contribution in [0.5, 0.6) is 0 Å². The quantitative estimate of drug-likeness (QED) is 0.383. The number of carbonyl (C=O) groups excluding carboxylic acids is 1. The van der Waals surface area contributed by atoms with E-state index >= 15 is 0 Å². The molecule has 1 fully saturated rings. The second-order valence-electron chi connectivity index (χ2n) is 6.76. The topological polar surface area (TPSA) is 65.4 Å². The van der Waals surface area contributed by atoms with Crippen molar-refractivity contribution in [2.75, 3.05) is 17.7 Å². The summed E-state index contributed by atoms with van der Waals surface area (Å²) in [6.45, 7) is 0.854. The maximum atomic E-state index is 10.5. The summed E-state index contributed by atoms with van der Waals surface area (Å²) < 4.78 is 14.5. The van der Waals surface area contributed by atoms with Crippen molar-refractivity contribution in [3.63, 3.8) is 0 Å². The fraction of sp³-hybridized carbons (Fsp3) is 0.238.